The summed E-state index contributed by atoms with van der Waals surface area (Å²) in [5.74, 6) is 2.69. The zero-order chi connectivity index (χ0) is 14.5. The smallest absolute Gasteiger partial charge is 0.240 e. The molecule has 0 saturated heterocycles. The fourth-order valence-corrected chi connectivity index (χ4v) is 1.92. The third-order valence-electron chi connectivity index (χ3n) is 2.97. The van der Waals surface area contributed by atoms with E-state index in [2.05, 4.69) is 41.0 Å². The Morgan fingerprint density at radius 3 is 2.65 bits per heavy atom. The Morgan fingerprint density at radius 1 is 1.20 bits per heavy atom. The predicted molar refractivity (Wildman–Crippen MR) is 74.1 cm³/mol. The van der Waals surface area contributed by atoms with Gasteiger partial charge in [0.15, 0.2) is 5.82 Å². The maximum Gasteiger partial charge on any atom is 0.240 e. The van der Waals surface area contributed by atoms with Gasteiger partial charge in [0.1, 0.15) is 5.76 Å². The average Bonchev–Trinajstić information content (AvgIpc) is 2.99. The Labute approximate surface area is 119 Å². The fraction of sp³-hybridized carbons (Fsp3) is 0.643. The molecule has 2 aromatic rings. The molecule has 0 bridgehead atoms. The molecule has 2 heterocycles. The van der Waals surface area contributed by atoms with E-state index in [0.717, 1.165) is 30.1 Å². The van der Waals surface area contributed by atoms with E-state index >= 15 is 0 Å². The first kappa shape index (κ1) is 14.7. The van der Waals surface area contributed by atoms with Crippen LogP contribution in [-0.4, -0.2) is 27.2 Å². The zero-order valence-electron chi connectivity index (χ0n) is 12.6. The van der Waals surface area contributed by atoms with Crippen molar-refractivity contribution in [2.75, 3.05) is 7.05 Å². The van der Waals surface area contributed by atoms with E-state index in [4.69, 9.17) is 9.05 Å². The lowest BCUT2D eigenvalue weighted by Gasteiger charge is -2.11. The summed E-state index contributed by atoms with van der Waals surface area (Å²) < 4.78 is 10.5. The second kappa shape index (κ2) is 6.65. The molecule has 6 heteroatoms. The van der Waals surface area contributed by atoms with Gasteiger partial charge in [-0.1, -0.05) is 31.1 Å². The van der Waals surface area contributed by atoms with Crippen molar-refractivity contribution in [1.29, 1.82) is 0 Å². The molecule has 0 radical (unpaired) electrons. The number of hydrogen-bond acceptors (Lipinski definition) is 6. The van der Waals surface area contributed by atoms with E-state index in [-0.39, 0.29) is 0 Å². The Balaban J connectivity index is 1.88. The number of aryl methyl sites for hydroxylation is 1. The van der Waals surface area contributed by atoms with E-state index in [1.807, 2.05) is 13.1 Å². The molecule has 0 unspecified atom stereocenters. The van der Waals surface area contributed by atoms with E-state index < -0.39 is 0 Å². The van der Waals surface area contributed by atoms with Crippen LogP contribution >= 0.6 is 0 Å². The Hall–Kier alpha value is -1.69. The predicted octanol–water partition coefficient (Wildman–Crippen LogP) is 2.77. The third kappa shape index (κ3) is 3.90. The molecular formula is C14H22N4O2. The Morgan fingerprint density at radius 2 is 2.00 bits per heavy atom. The molecule has 0 spiro atoms. The van der Waals surface area contributed by atoms with Gasteiger partial charge in [-0.25, -0.2) is 0 Å². The largest absolute Gasteiger partial charge is 0.361 e. The van der Waals surface area contributed by atoms with E-state index in [9.17, 15) is 0 Å². The SMILES string of the molecule is CCCc1noc(CN(C)Cc2cc(C(C)C)on2)n1. The Kier molecular flexibility index (Phi) is 4.89. The zero-order valence-corrected chi connectivity index (χ0v) is 12.6. The van der Waals surface area contributed by atoms with Gasteiger partial charge < -0.3 is 9.05 Å². The second-order valence-electron chi connectivity index (χ2n) is 5.40. The summed E-state index contributed by atoms with van der Waals surface area (Å²) in [6.07, 6.45) is 1.87. The van der Waals surface area contributed by atoms with Crippen molar-refractivity contribution in [2.24, 2.45) is 0 Å². The minimum Gasteiger partial charge on any atom is -0.361 e. The van der Waals surface area contributed by atoms with Gasteiger partial charge in [0.2, 0.25) is 5.89 Å². The molecule has 110 valence electrons. The van der Waals surface area contributed by atoms with Gasteiger partial charge in [0, 0.05) is 24.9 Å². The van der Waals surface area contributed by atoms with E-state index in [1.54, 1.807) is 0 Å². The van der Waals surface area contributed by atoms with Crippen molar-refractivity contribution in [3.63, 3.8) is 0 Å². The average molecular weight is 278 g/mol. The van der Waals surface area contributed by atoms with Crippen molar-refractivity contribution in [2.45, 2.75) is 52.6 Å². The monoisotopic (exact) mass is 278 g/mol. The van der Waals surface area contributed by atoms with Crippen LogP contribution in [0, 0.1) is 0 Å². The van der Waals surface area contributed by atoms with E-state index in [1.165, 1.54) is 0 Å². The fourth-order valence-electron chi connectivity index (χ4n) is 1.92. The molecule has 0 N–H and O–H groups in total. The highest BCUT2D eigenvalue weighted by atomic mass is 16.5. The first-order chi connectivity index (χ1) is 9.58. The highest BCUT2D eigenvalue weighted by molar-refractivity contribution is 5.08. The number of nitrogens with zero attached hydrogens (tertiary/aromatic N) is 4. The number of rotatable bonds is 7. The summed E-state index contributed by atoms with van der Waals surface area (Å²) in [6.45, 7) is 7.57. The summed E-state index contributed by atoms with van der Waals surface area (Å²) in [6, 6.07) is 2.00. The quantitative estimate of drug-likeness (QED) is 0.775. The van der Waals surface area contributed by atoms with Crippen LogP contribution in [0.2, 0.25) is 0 Å². The van der Waals surface area contributed by atoms with Crippen LogP contribution in [0.1, 0.15) is 56.3 Å². The maximum absolute atomic E-state index is 5.29. The van der Waals surface area contributed by atoms with Gasteiger partial charge in [-0.2, -0.15) is 4.98 Å². The molecule has 0 fully saturated rings. The lowest BCUT2D eigenvalue weighted by molar-refractivity contribution is 0.253. The summed E-state index contributed by atoms with van der Waals surface area (Å²) in [7, 11) is 1.99. The Bertz CT molecular complexity index is 533. The number of aromatic nitrogens is 3. The van der Waals surface area contributed by atoms with Gasteiger partial charge >= 0.3 is 0 Å². The van der Waals surface area contributed by atoms with Crippen molar-refractivity contribution >= 4 is 0 Å². The van der Waals surface area contributed by atoms with Crippen molar-refractivity contribution in [3.05, 3.63) is 29.2 Å². The topological polar surface area (TPSA) is 68.2 Å². The first-order valence-corrected chi connectivity index (χ1v) is 7.04. The molecule has 0 aliphatic carbocycles. The molecule has 0 saturated carbocycles. The van der Waals surface area contributed by atoms with Crippen molar-refractivity contribution in [1.82, 2.24) is 20.2 Å². The molecule has 6 nitrogen and oxygen atoms in total. The molecular weight excluding hydrogens is 256 g/mol. The molecule has 0 aliphatic rings. The van der Waals surface area contributed by atoms with Crippen molar-refractivity contribution in [3.8, 4) is 0 Å². The standard InChI is InChI=1S/C14H22N4O2/c1-5-6-13-15-14(20-17-13)9-18(4)8-11-7-12(10(2)3)19-16-11/h7,10H,5-6,8-9H2,1-4H3. The van der Waals surface area contributed by atoms with Gasteiger partial charge in [0.05, 0.1) is 12.2 Å². The van der Waals surface area contributed by atoms with Crippen LogP contribution in [0.3, 0.4) is 0 Å². The maximum atomic E-state index is 5.29. The molecule has 0 atom stereocenters. The summed E-state index contributed by atoms with van der Waals surface area (Å²) in [5, 5.41) is 8.02. The van der Waals surface area contributed by atoms with Gasteiger partial charge in [0.25, 0.3) is 0 Å². The first-order valence-electron chi connectivity index (χ1n) is 7.04. The molecule has 2 aromatic heterocycles. The second-order valence-corrected chi connectivity index (χ2v) is 5.40. The van der Waals surface area contributed by atoms with Crippen LogP contribution in [0.5, 0.6) is 0 Å². The van der Waals surface area contributed by atoms with Crippen LogP contribution in [-0.2, 0) is 19.5 Å². The lowest BCUT2D eigenvalue weighted by atomic mass is 10.1. The van der Waals surface area contributed by atoms with Gasteiger partial charge in [-0.15, -0.1) is 0 Å². The normalized spacial score (nSPS) is 11.7. The van der Waals surface area contributed by atoms with Crippen molar-refractivity contribution < 1.29 is 9.05 Å². The summed E-state index contributed by atoms with van der Waals surface area (Å²) in [5.41, 5.74) is 0.921. The third-order valence-corrected chi connectivity index (χ3v) is 2.97. The van der Waals surface area contributed by atoms with Crippen LogP contribution < -0.4 is 0 Å². The lowest BCUT2D eigenvalue weighted by Crippen LogP contribution is -2.17. The van der Waals surface area contributed by atoms with Crippen LogP contribution in [0.4, 0.5) is 0 Å². The van der Waals surface area contributed by atoms with Crippen LogP contribution in [0.15, 0.2) is 15.1 Å². The molecule has 2 rings (SSSR count). The van der Waals surface area contributed by atoms with Crippen LogP contribution in [0.25, 0.3) is 0 Å². The molecule has 0 aromatic carbocycles. The summed E-state index contributed by atoms with van der Waals surface area (Å²) in [4.78, 5) is 6.43. The minimum absolute atomic E-state index is 0.356. The highest BCUT2D eigenvalue weighted by Crippen LogP contribution is 2.16. The highest BCUT2D eigenvalue weighted by Gasteiger charge is 2.12. The molecule has 0 amide bonds. The van der Waals surface area contributed by atoms with E-state index in [0.29, 0.717) is 24.9 Å². The molecule has 0 aliphatic heterocycles. The van der Waals surface area contributed by atoms with Gasteiger partial charge in [-0.3, -0.25) is 4.90 Å². The molecule has 20 heavy (non-hydrogen) atoms. The summed E-state index contributed by atoms with van der Waals surface area (Å²) >= 11 is 0. The van der Waals surface area contributed by atoms with Gasteiger partial charge in [-0.05, 0) is 13.5 Å². The number of hydrogen-bond donors (Lipinski definition) is 0. The minimum atomic E-state index is 0.356.